The van der Waals surface area contributed by atoms with E-state index in [-0.39, 0.29) is 5.91 Å². The maximum Gasteiger partial charge on any atom is 0.217 e. The Balaban J connectivity index is 1.74. The summed E-state index contributed by atoms with van der Waals surface area (Å²) in [5.74, 6) is 2.02. The standard InChI is InChI=1S/C15H27NO/c1-12(17)16-15-9-5-8-14(11-15)10-13-6-3-2-4-7-13/h13-15H,2-11H2,1H3,(H,16,17)/t14-,15-/m0/s1. The van der Waals surface area contributed by atoms with Gasteiger partial charge in [0.05, 0.1) is 0 Å². The number of nitrogens with one attached hydrogen (secondary N) is 1. The van der Waals surface area contributed by atoms with Gasteiger partial charge in [-0.05, 0) is 31.1 Å². The predicted octanol–water partition coefficient (Wildman–Crippen LogP) is 3.65. The average molecular weight is 237 g/mol. The van der Waals surface area contributed by atoms with E-state index in [1.54, 1.807) is 6.92 Å². The van der Waals surface area contributed by atoms with Crippen LogP contribution in [0.1, 0.15) is 71.1 Å². The molecular formula is C15H27NO. The number of carbonyl (C=O) groups excluding carboxylic acids is 1. The summed E-state index contributed by atoms with van der Waals surface area (Å²) < 4.78 is 0. The Morgan fingerprint density at radius 3 is 2.41 bits per heavy atom. The van der Waals surface area contributed by atoms with Crippen molar-refractivity contribution in [3.8, 4) is 0 Å². The lowest BCUT2D eigenvalue weighted by atomic mass is 9.76. The first kappa shape index (κ1) is 12.9. The molecule has 2 aliphatic rings. The Labute approximate surface area is 106 Å². The molecule has 2 nitrogen and oxygen atoms in total. The lowest BCUT2D eigenvalue weighted by Gasteiger charge is -2.33. The summed E-state index contributed by atoms with van der Waals surface area (Å²) in [5, 5.41) is 3.11. The highest BCUT2D eigenvalue weighted by atomic mass is 16.1. The van der Waals surface area contributed by atoms with E-state index in [0.717, 1.165) is 11.8 Å². The smallest absolute Gasteiger partial charge is 0.217 e. The quantitative estimate of drug-likeness (QED) is 0.797. The SMILES string of the molecule is CC(=O)N[C@H]1CCC[C@@H](CC2CCCCC2)C1. The first-order valence-electron chi connectivity index (χ1n) is 7.51. The molecule has 1 N–H and O–H groups in total. The molecular weight excluding hydrogens is 210 g/mol. The summed E-state index contributed by atoms with van der Waals surface area (Å²) in [6.07, 6.45) is 13.8. The molecule has 0 unspecified atom stereocenters. The topological polar surface area (TPSA) is 29.1 Å². The molecule has 0 bridgehead atoms. The van der Waals surface area contributed by atoms with Crippen LogP contribution < -0.4 is 5.32 Å². The van der Waals surface area contributed by atoms with Gasteiger partial charge in [0.25, 0.3) is 0 Å². The number of rotatable bonds is 3. The van der Waals surface area contributed by atoms with Crippen molar-refractivity contribution in [3.63, 3.8) is 0 Å². The second-order valence-electron chi connectivity index (χ2n) is 6.17. The fourth-order valence-corrected chi connectivity index (χ4v) is 3.82. The molecule has 0 heterocycles. The predicted molar refractivity (Wildman–Crippen MR) is 70.8 cm³/mol. The van der Waals surface area contributed by atoms with Crippen molar-refractivity contribution in [3.05, 3.63) is 0 Å². The molecule has 0 aromatic heterocycles. The van der Waals surface area contributed by atoms with Crippen LogP contribution in [-0.2, 0) is 4.79 Å². The zero-order valence-electron chi connectivity index (χ0n) is 11.2. The van der Waals surface area contributed by atoms with Gasteiger partial charge in [-0.3, -0.25) is 4.79 Å². The molecule has 2 fully saturated rings. The van der Waals surface area contributed by atoms with Crippen LogP contribution in [0.5, 0.6) is 0 Å². The normalized spacial score (nSPS) is 31.1. The summed E-state index contributed by atoms with van der Waals surface area (Å²) in [7, 11) is 0. The van der Waals surface area contributed by atoms with Gasteiger partial charge in [0.1, 0.15) is 0 Å². The summed E-state index contributed by atoms with van der Waals surface area (Å²) >= 11 is 0. The highest BCUT2D eigenvalue weighted by Crippen LogP contribution is 2.35. The van der Waals surface area contributed by atoms with Crippen LogP contribution >= 0.6 is 0 Å². The molecule has 0 aliphatic heterocycles. The van der Waals surface area contributed by atoms with Gasteiger partial charge in [-0.25, -0.2) is 0 Å². The Morgan fingerprint density at radius 2 is 1.71 bits per heavy atom. The van der Waals surface area contributed by atoms with Crippen LogP contribution in [0.2, 0.25) is 0 Å². The number of hydrogen-bond donors (Lipinski definition) is 1. The summed E-state index contributed by atoms with van der Waals surface area (Å²) in [4.78, 5) is 11.1. The van der Waals surface area contributed by atoms with Gasteiger partial charge in [-0.15, -0.1) is 0 Å². The van der Waals surface area contributed by atoms with Crippen molar-refractivity contribution < 1.29 is 4.79 Å². The van der Waals surface area contributed by atoms with Crippen LogP contribution in [0.15, 0.2) is 0 Å². The van der Waals surface area contributed by atoms with E-state index in [0.29, 0.717) is 6.04 Å². The second kappa shape index (κ2) is 6.42. The van der Waals surface area contributed by atoms with Crippen LogP contribution in [0, 0.1) is 11.8 Å². The van der Waals surface area contributed by atoms with Crippen molar-refractivity contribution in [2.75, 3.05) is 0 Å². The second-order valence-corrected chi connectivity index (χ2v) is 6.17. The van der Waals surface area contributed by atoms with Crippen LogP contribution in [0.4, 0.5) is 0 Å². The third-order valence-corrected chi connectivity index (χ3v) is 4.58. The van der Waals surface area contributed by atoms with Gasteiger partial charge in [0.15, 0.2) is 0 Å². The monoisotopic (exact) mass is 237 g/mol. The van der Waals surface area contributed by atoms with E-state index in [2.05, 4.69) is 5.32 Å². The first-order chi connectivity index (χ1) is 8.24. The molecule has 0 aromatic carbocycles. The number of amides is 1. The van der Waals surface area contributed by atoms with Gasteiger partial charge < -0.3 is 5.32 Å². The third kappa shape index (κ3) is 4.33. The lowest BCUT2D eigenvalue weighted by Crippen LogP contribution is -2.37. The van der Waals surface area contributed by atoms with Crippen LogP contribution in [-0.4, -0.2) is 11.9 Å². The fourth-order valence-electron chi connectivity index (χ4n) is 3.82. The van der Waals surface area contributed by atoms with Crippen LogP contribution in [0.3, 0.4) is 0 Å². The molecule has 0 spiro atoms. The zero-order chi connectivity index (χ0) is 12.1. The Hall–Kier alpha value is -0.530. The van der Waals surface area contributed by atoms with E-state index in [9.17, 15) is 4.79 Å². The van der Waals surface area contributed by atoms with Gasteiger partial charge >= 0.3 is 0 Å². The number of hydrogen-bond acceptors (Lipinski definition) is 1. The minimum Gasteiger partial charge on any atom is -0.354 e. The molecule has 2 saturated carbocycles. The highest BCUT2D eigenvalue weighted by molar-refractivity contribution is 5.73. The molecule has 2 heteroatoms. The maximum absolute atomic E-state index is 11.1. The van der Waals surface area contributed by atoms with Gasteiger partial charge in [-0.2, -0.15) is 0 Å². The summed E-state index contributed by atoms with van der Waals surface area (Å²) in [5.41, 5.74) is 0. The molecule has 0 saturated heterocycles. The molecule has 0 aromatic rings. The summed E-state index contributed by atoms with van der Waals surface area (Å²) in [6.45, 7) is 1.64. The van der Waals surface area contributed by atoms with Crippen molar-refractivity contribution in [2.45, 2.75) is 77.2 Å². The minimum atomic E-state index is 0.147. The van der Waals surface area contributed by atoms with Crippen molar-refractivity contribution in [1.82, 2.24) is 5.32 Å². The Morgan fingerprint density at radius 1 is 1.00 bits per heavy atom. The van der Waals surface area contributed by atoms with Crippen molar-refractivity contribution in [1.29, 1.82) is 0 Å². The molecule has 2 rings (SSSR count). The molecule has 98 valence electrons. The highest BCUT2D eigenvalue weighted by Gasteiger charge is 2.25. The average Bonchev–Trinajstić information content (AvgIpc) is 2.30. The summed E-state index contributed by atoms with van der Waals surface area (Å²) in [6, 6.07) is 0.467. The molecule has 1 amide bonds. The maximum atomic E-state index is 11.1. The van der Waals surface area contributed by atoms with Crippen LogP contribution in [0.25, 0.3) is 0 Å². The van der Waals surface area contributed by atoms with Gasteiger partial charge in [0.2, 0.25) is 5.91 Å². The molecule has 17 heavy (non-hydrogen) atoms. The lowest BCUT2D eigenvalue weighted by molar-refractivity contribution is -0.119. The Bertz CT molecular complexity index is 245. The first-order valence-corrected chi connectivity index (χ1v) is 7.51. The van der Waals surface area contributed by atoms with E-state index < -0.39 is 0 Å². The number of carbonyl (C=O) groups is 1. The van der Waals surface area contributed by atoms with Gasteiger partial charge in [-0.1, -0.05) is 44.9 Å². The molecule has 2 atom stereocenters. The largest absolute Gasteiger partial charge is 0.354 e. The zero-order valence-corrected chi connectivity index (χ0v) is 11.2. The molecule has 0 radical (unpaired) electrons. The molecule has 2 aliphatic carbocycles. The van der Waals surface area contributed by atoms with E-state index in [1.807, 2.05) is 0 Å². The van der Waals surface area contributed by atoms with Gasteiger partial charge in [0, 0.05) is 13.0 Å². The van der Waals surface area contributed by atoms with E-state index >= 15 is 0 Å². The van der Waals surface area contributed by atoms with Crippen molar-refractivity contribution >= 4 is 5.91 Å². The third-order valence-electron chi connectivity index (χ3n) is 4.58. The fraction of sp³-hybridized carbons (Fsp3) is 0.933. The van der Waals surface area contributed by atoms with E-state index in [1.165, 1.54) is 64.2 Å². The van der Waals surface area contributed by atoms with E-state index in [4.69, 9.17) is 0 Å². The Kier molecular flexibility index (Phi) is 4.87. The van der Waals surface area contributed by atoms with Crippen molar-refractivity contribution in [2.24, 2.45) is 11.8 Å². The minimum absolute atomic E-state index is 0.147.